The Morgan fingerprint density at radius 1 is 1.05 bits per heavy atom. The van der Waals surface area contributed by atoms with Crippen LogP contribution in [0.2, 0.25) is 0 Å². The van der Waals surface area contributed by atoms with Crippen LogP contribution in [0.1, 0.15) is 31.4 Å². The van der Waals surface area contributed by atoms with Crippen molar-refractivity contribution >= 4 is 23.3 Å². The number of ether oxygens (including phenoxy) is 1. The Bertz CT molecular complexity index is 1420. The van der Waals surface area contributed by atoms with E-state index in [4.69, 9.17) is 11.3 Å². The number of rotatable bonds is 7. The fraction of sp³-hybridized carbons (Fsp3) is 0.286. The van der Waals surface area contributed by atoms with Gasteiger partial charge in [0.1, 0.15) is 11.3 Å². The molecular formula is C28H25F3N4O3. The molecule has 0 saturated carbocycles. The predicted molar refractivity (Wildman–Crippen MR) is 136 cm³/mol. The van der Waals surface area contributed by atoms with Crippen molar-refractivity contribution in [3.05, 3.63) is 83.5 Å². The van der Waals surface area contributed by atoms with Crippen LogP contribution in [-0.2, 0) is 11.0 Å². The van der Waals surface area contributed by atoms with E-state index in [9.17, 15) is 22.8 Å². The molecule has 0 N–H and O–H groups in total. The number of aromatic nitrogens is 1. The average Bonchev–Trinajstić information content (AvgIpc) is 3.05. The van der Waals surface area contributed by atoms with Crippen molar-refractivity contribution in [1.29, 1.82) is 0 Å². The molecule has 2 aromatic carbocycles. The number of halogens is 3. The van der Waals surface area contributed by atoms with E-state index in [1.807, 2.05) is 0 Å². The third kappa shape index (κ3) is 5.05. The van der Waals surface area contributed by atoms with Gasteiger partial charge >= 0.3 is 12.2 Å². The molecule has 196 valence electrons. The third-order valence-corrected chi connectivity index (χ3v) is 6.47. The highest BCUT2D eigenvalue weighted by molar-refractivity contribution is 6.23. The largest absolute Gasteiger partial charge is 0.494 e. The molecule has 0 radical (unpaired) electrons. The third-order valence-electron chi connectivity index (χ3n) is 6.47. The van der Waals surface area contributed by atoms with Crippen LogP contribution in [0.3, 0.4) is 0 Å². The van der Waals surface area contributed by atoms with Crippen molar-refractivity contribution in [3.63, 3.8) is 0 Å². The Hall–Kier alpha value is -4.39. The summed E-state index contributed by atoms with van der Waals surface area (Å²) < 4.78 is 46.8. The molecule has 10 heteroatoms. The number of amides is 3. The van der Waals surface area contributed by atoms with Gasteiger partial charge in [-0.1, -0.05) is 12.1 Å². The lowest BCUT2D eigenvalue weighted by Gasteiger charge is -2.27. The van der Waals surface area contributed by atoms with E-state index in [0.717, 1.165) is 11.0 Å². The van der Waals surface area contributed by atoms with Gasteiger partial charge in [0.2, 0.25) is 0 Å². The van der Waals surface area contributed by atoms with E-state index in [-0.39, 0.29) is 24.5 Å². The molecule has 1 aromatic heterocycles. The number of aryl methyl sites for hydroxylation is 1. The van der Waals surface area contributed by atoms with Crippen molar-refractivity contribution in [1.82, 2.24) is 9.88 Å². The molecule has 1 aliphatic heterocycles. The van der Waals surface area contributed by atoms with Crippen molar-refractivity contribution in [2.75, 3.05) is 18.1 Å². The molecule has 0 bridgehead atoms. The standard InChI is InChI=1S/C28H25F3N4O3/c1-18-16-20(6-9-24(18)32-4)35-25(36)27(2,3)34(26(35)37)14-5-15-38-21-7-8-22(19-10-12-33-13-11-19)23(17-21)28(29,30)31/h6-13,16-17H,5,14-15H2,1-3H3. The predicted octanol–water partition coefficient (Wildman–Crippen LogP) is 6.64. The molecule has 3 aromatic rings. The van der Waals surface area contributed by atoms with Crippen LogP contribution in [-0.4, -0.2) is 40.5 Å². The summed E-state index contributed by atoms with van der Waals surface area (Å²) in [7, 11) is 0. The lowest BCUT2D eigenvalue weighted by Crippen LogP contribution is -2.44. The molecule has 4 rings (SSSR count). The molecule has 1 saturated heterocycles. The Morgan fingerprint density at radius 3 is 2.39 bits per heavy atom. The fourth-order valence-electron chi connectivity index (χ4n) is 4.39. The van der Waals surface area contributed by atoms with Crippen LogP contribution in [0.15, 0.2) is 60.9 Å². The van der Waals surface area contributed by atoms with E-state index in [1.54, 1.807) is 39.0 Å². The van der Waals surface area contributed by atoms with Gasteiger partial charge in [0.05, 0.1) is 24.4 Å². The van der Waals surface area contributed by atoms with E-state index >= 15 is 0 Å². The minimum atomic E-state index is -4.58. The summed E-state index contributed by atoms with van der Waals surface area (Å²) in [4.78, 5) is 36.1. The normalized spacial score (nSPS) is 15.1. The first-order valence-corrected chi connectivity index (χ1v) is 11.8. The number of hydrogen-bond donors (Lipinski definition) is 0. The zero-order chi connectivity index (χ0) is 27.7. The molecule has 0 atom stereocenters. The summed E-state index contributed by atoms with van der Waals surface area (Å²) in [5.41, 5.74) is -0.0705. The summed E-state index contributed by atoms with van der Waals surface area (Å²) >= 11 is 0. The van der Waals surface area contributed by atoms with Gasteiger partial charge in [0.15, 0.2) is 5.69 Å². The van der Waals surface area contributed by atoms with Gasteiger partial charge in [0, 0.05) is 18.9 Å². The first-order valence-electron chi connectivity index (χ1n) is 11.8. The lowest BCUT2D eigenvalue weighted by molar-refractivity contribution is -0.137. The molecule has 0 unspecified atom stereocenters. The number of pyridine rings is 1. The Balaban J connectivity index is 1.45. The smallest absolute Gasteiger partial charge is 0.417 e. The number of hydrogen-bond acceptors (Lipinski definition) is 4. The maximum absolute atomic E-state index is 13.7. The van der Waals surface area contributed by atoms with E-state index < -0.39 is 29.2 Å². The summed E-state index contributed by atoms with van der Waals surface area (Å²) in [5.74, 6) is -0.352. The van der Waals surface area contributed by atoms with Crippen molar-refractivity contribution in [3.8, 4) is 16.9 Å². The van der Waals surface area contributed by atoms with Crippen LogP contribution >= 0.6 is 0 Å². The number of imide groups is 1. The number of carbonyl (C=O) groups is 2. The summed E-state index contributed by atoms with van der Waals surface area (Å²) in [6.45, 7) is 12.4. The van der Waals surface area contributed by atoms with Gasteiger partial charge in [-0.2, -0.15) is 13.2 Å². The number of carbonyl (C=O) groups excluding carboxylic acids is 2. The Labute approximate surface area is 218 Å². The van der Waals surface area contributed by atoms with E-state index in [0.29, 0.717) is 28.9 Å². The first-order chi connectivity index (χ1) is 17.9. The number of urea groups is 1. The highest BCUT2D eigenvalue weighted by atomic mass is 19.4. The quantitative estimate of drug-likeness (QED) is 0.198. The van der Waals surface area contributed by atoms with E-state index in [2.05, 4.69) is 9.83 Å². The number of benzene rings is 2. The van der Waals surface area contributed by atoms with Gasteiger partial charge in [-0.15, -0.1) is 0 Å². The van der Waals surface area contributed by atoms with Crippen LogP contribution < -0.4 is 9.64 Å². The second-order valence-corrected chi connectivity index (χ2v) is 9.36. The Kier molecular flexibility index (Phi) is 7.14. The van der Waals surface area contributed by atoms with Crippen LogP contribution in [0.4, 0.5) is 29.3 Å². The van der Waals surface area contributed by atoms with Crippen molar-refractivity contribution in [2.45, 2.75) is 38.9 Å². The first kappa shape index (κ1) is 26.7. The fourth-order valence-corrected chi connectivity index (χ4v) is 4.39. The molecule has 38 heavy (non-hydrogen) atoms. The average molecular weight is 523 g/mol. The lowest BCUT2D eigenvalue weighted by atomic mass is 10.00. The molecule has 3 amide bonds. The van der Waals surface area contributed by atoms with Gasteiger partial charge < -0.3 is 9.64 Å². The van der Waals surface area contributed by atoms with Crippen molar-refractivity contribution < 1.29 is 27.5 Å². The molecule has 7 nitrogen and oxygen atoms in total. The topological polar surface area (TPSA) is 67.1 Å². The zero-order valence-electron chi connectivity index (χ0n) is 21.0. The van der Waals surface area contributed by atoms with Crippen LogP contribution in [0.25, 0.3) is 16.0 Å². The number of anilines is 1. The van der Waals surface area contributed by atoms with Gasteiger partial charge in [-0.3, -0.25) is 9.78 Å². The Morgan fingerprint density at radius 2 is 1.76 bits per heavy atom. The monoisotopic (exact) mass is 522 g/mol. The summed E-state index contributed by atoms with van der Waals surface area (Å²) in [5, 5.41) is 0. The minimum absolute atomic E-state index is 0.0231. The van der Waals surface area contributed by atoms with Gasteiger partial charge in [-0.05, 0) is 80.3 Å². The summed E-state index contributed by atoms with van der Waals surface area (Å²) in [6.07, 6.45) is -1.44. The maximum atomic E-state index is 13.7. The molecule has 0 spiro atoms. The van der Waals surface area contributed by atoms with Gasteiger partial charge in [0.25, 0.3) is 5.91 Å². The maximum Gasteiger partial charge on any atom is 0.417 e. The zero-order valence-corrected chi connectivity index (χ0v) is 21.0. The van der Waals surface area contributed by atoms with Crippen LogP contribution in [0.5, 0.6) is 5.75 Å². The molecule has 0 aliphatic carbocycles. The minimum Gasteiger partial charge on any atom is -0.494 e. The number of nitrogens with zero attached hydrogens (tertiary/aromatic N) is 4. The molecule has 1 fully saturated rings. The second kappa shape index (κ2) is 10.2. The van der Waals surface area contributed by atoms with Crippen LogP contribution in [0, 0.1) is 13.5 Å². The van der Waals surface area contributed by atoms with Gasteiger partial charge in [-0.25, -0.2) is 14.5 Å². The number of alkyl halides is 3. The molecular weight excluding hydrogens is 497 g/mol. The highest BCUT2D eigenvalue weighted by Crippen LogP contribution is 2.39. The summed E-state index contributed by atoms with van der Waals surface area (Å²) in [6, 6.07) is 11.0. The highest BCUT2D eigenvalue weighted by Gasteiger charge is 2.51. The molecule has 1 aliphatic rings. The SMILES string of the molecule is [C-]#[N+]c1ccc(N2C(=O)N(CCCOc3ccc(-c4ccncc4)c(C(F)(F)F)c3)C(C)(C)C2=O)cc1C. The van der Waals surface area contributed by atoms with Crippen molar-refractivity contribution in [2.24, 2.45) is 0 Å². The second-order valence-electron chi connectivity index (χ2n) is 9.36. The van der Waals surface area contributed by atoms with E-state index in [1.165, 1.54) is 41.6 Å². The molecule has 2 heterocycles.